The van der Waals surface area contributed by atoms with E-state index in [1.54, 1.807) is 0 Å². The zero-order chi connectivity index (χ0) is 14.7. The third-order valence-electron chi connectivity index (χ3n) is 4.88. The Morgan fingerprint density at radius 3 is 2.62 bits per heavy atom. The highest BCUT2D eigenvalue weighted by Crippen LogP contribution is 2.44. The molecule has 1 aromatic carbocycles. The van der Waals surface area contributed by atoms with Gasteiger partial charge in [0.1, 0.15) is 0 Å². The lowest BCUT2D eigenvalue weighted by atomic mass is 9.79. The van der Waals surface area contributed by atoms with Gasteiger partial charge in [0.05, 0.1) is 18.1 Å². The van der Waals surface area contributed by atoms with E-state index in [0.717, 1.165) is 32.3 Å². The first-order chi connectivity index (χ1) is 10.3. The molecule has 1 aliphatic heterocycles. The second kappa shape index (κ2) is 6.85. The maximum absolute atomic E-state index is 9.46. The van der Waals surface area contributed by atoms with E-state index in [2.05, 4.69) is 43.3 Å². The van der Waals surface area contributed by atoms with Crippen LogP contribution in [0.25, 0.3) is 0 Å². The van der Waals surface area contributed by atoms with E-state index in [4.69, 9.17) is 4.74 Å². The van der Waals surface area contributed by atoms with E-state index in [-0.39, 0.29) is 5.92 Å². The van der Waals surface area contributed by atoms with Crippen LogP contribution >= 0.6 is 11.8 Å². The molecular formula is C18H23NOS. The van der Waals surface area contributed by atoms with Crippen molar-refractivity contribution in [3.05, 3.63) is 35.9 Å². The largest absolute Gasteiger partial charge is 0.377 e. The summed E-state index contributed by atoms with van der Waals surface area (Å²) in [6, 6.07) is 13.4. The zero-order valence-electron chi connectivity index (χ0n) is 12.6. The molecule has 1 saturated carbocycles. The fourth-order valence-corrected chi connectivity index (χ4v) is 5.28. The molecule has 0 spiro atoms. The molecule has 1 saturated heterocycles. The molecule has 1 aliphatic carbocycles. The van der Waals surface area contributed by atoms with Crippen LogP contribution in [0, 0.1) is 17.2 Å². The van der Waals surface area contributed by atoms with Crippen molar-refractivity contribution >= 4 is 11.8 Å². The molecule has 2 fully saturated rings. The van der Waals surface area contributed by atoms with Gasteiger partial charge in [0.2, 0.25) is 0 Å². The molecule has 0 bridgehead atoms. The van der Waals surface area contributed by atoms with E-state index in [9.17, 15) is 5.26 Å². The Kier molecular flexibility index (Phi) is 4.87. The number of nitriles is 1. The second-order valence-corrected chi connectivity index (χ2v) is 7.72. The molecule has 1 heterocycles. The minimum atomic E-state index is 0.211. The Balaban J connectivity index is 1.69. The van der Waals surface area contributed by atoms with Gasteiger partial charge in [0.25, 0.3) is 0 Å². The summed E-state index contributed by atoms with van der Waals surface area (Å²) in [5.74, 6) is 0.827. The summed E-state index contributed by atoms with van der Waals surface area (Å²) in [7, 11) is 0. The molecule has 0 N–H and O–H groups in total. The normalized spacial score (nSPS) is 36.3. The van der Waals surface area contributed by atoms with Crippen LogP contribution in [0.1, 0.15) is 44.1 Å². The molecule has 3 heteroatoms. The van der Waals surface area contributed by atoms with Crippen molar-refractivity contribution in [1.29, 1.82) is 5.26 Å². The van der Waals surface area contributed by atoms with Gasteiger partial charge in [-0.05, 0) is 44.1 Å². The van der Waals surface area contributed by atoms with Gasteiger partial charge in [0, 0.05) is 17.1 Å². The third kappa shape index (κ3) is 3.44. The van der Waals surface area contributed by atoms with E-state index in [1.807, 2.05) is 11.8 Å². The quantitative estimate of drug-likeness (QED) is 0.831. The van der Waals surface area contributed by atoms with Crippen LogP contribution in [0.15, 0.2) is 30.3 Å². The van der Waals surface area contributed by atoms with Crippen molar-refractivity contribution in [3.8, 4) is 6.07 Å². The summed E-state index contributed by atoms with van der Waals surface area (Å²) in [5, 5.41) is 10.5. The topological polar surface area (TPSA) is 33.0 Å². The fourth-order valence-electron chi connectivity index (χ4n) is 3.57. The van der Waals surface area contributed by atoms with Crippen LogP contribution in [0.3, 0.4) is 0 Å². The van der Waals surface area contributed by atoms with Crippen molar-refractivity contribution in [2.24, 2.45) is 5.92 Å². The van der Waals surface area contributed by atoms with Crippen LogP contribution in [0.4, 0.5) is 0 Å². The molecule has 1 aromatic rings. The maximum Gasteiger partial charge on any atom is 0.0667 e. The highest BCUT2D eigenvalue weighted by Gasteiger charge is 2.36. The number of rotatable bonds is 3. The molecule has 5 unspecified atom stereocenters. The number of thioether (sulfide) groups is 1. The van der Waals surface area contributed by atoms with Gasteiger partial charge in [-0.3, -0.25) is 0 Å². The van der Waals surface area contributed by atoms with Crippen LogP contribution in [0.5, 0.6) is 0 Å². The minimum absolute atomic E-state index is 0.211. The third-order valence-corrected chi connectivity index (χ3v) is 6.72. The number of hydrogen-bond acceptors (Lipinski definition) is 3. The van der Waals surface area contributed by atoms with E-state index >= 15 is 0 Å². The summed E-state index contributed by atoms with van der Waals surface area (Å²) < 4.78 is 5.68. The molecule has 21 heavy (non-hydrogen) atoms. The number of ether oxygens (including phenoxy) is 1. The van der Waals surface area contributed by atoms with Crippen LogP contribution in [-0.2, 0) is 4.74 Å². The maximum atomic E-state index is 9.46. The number of benzene rings is 1. The first-order valence-electron chi connectivity index (χ1n) is 7.99. The van der Waals surface area contributed by atoms with Gasteiger partial charge in [-0.1, -0.05) is 30.3 Å². The molecule has 0 amide bonds. The van der Waals surface area contributed by atoms with E-state index in [0.29, 0.717) is 22.5 Å². The molecular weight excluding hydrogens is 278 g/mol. The van der Waals surface area contributed by atoms with Gasteiger partial charge in [0.15, 0.2) is 0 Å². The van der Waals surface area contributed by atoms with Gasteiger partial charge in [-0.2, -0.15) is 17.0 Å². The molecule has 3 rings (SSSR count). The Morgan fingerprint density at radius 2 is 1.95 bits per heavy atom. The van der Waals surface area contributed by atoms with E-state index in [1.165, 1.54) is 5.56 Å². The Labute approximate surface area is 131 Å². The lowest BCUT2D eigenvalue weighted by Gasteiger charge is -2.34. The first-order valence-corrected chi connectivity index (χ1v) is 8.94. The number of hydrogen-bond donors (Lipinski definition) is 0. The summed E-state index contributed by atoms with van der Waals surface area (Å²) in [6.07, 6.45) is 4.80. The molecule has 2 aliphatic rings. The van der Waals surface area contributed by atoms with Crippen LogP contribution < -0.4 is 0 Å². The fraction of sp³-hybridized carbons (Fsp3) is 0.611. The van der Waals surface area contributed by atoms with Crippen LogP contribution in [-0.4, -0.2) is 23.2 Å². The van der Waals surface area contributed by atoms with Gasteiger partial charge in [-0.25, -0.2) is 0 Å². The predicted octanol–water partition coefficient (Wildman–Crippen LogP) is 4.37. The minimum Gasteiger partial charge on any atom is -0.377 e. The van der Waals surface area contributed by atoms with Crippen molar-refractivity contribution in [2.75, 3.05) is 6.61 Å². The molecule has 5 atom stereocenters. The first kappa shape index (κ1) is 14.9. The summed E-state index contributed by atoms with van der Waals surface area (Å²) in [5.41, 5.74) is 1.44. The average Bonchev–Trinajstić information content (AvgIpc) is 2.93. The van der Waals surface area contributed by atoms with Gasteiger partial charge in [-0.15, -0.1) is 0 Å². The SMILES string of the molecule is CC1OCCC1SC1CC(c2ccccc2)CCC1C#N. The summed E-state index contributed by atoms with van der Waals surface area (Å²) in [6.45, 7) is 3.05. The van der Waals surface area contributed by atoms with Crippen molar-refractivity contribution in [1.82, 2.24) is 0 Å². The van der Waals surface area contributed by atoms with Crippen molar-refractivity contribution in [2.45, 2.75) is 55.1 Å². The van der Waals surface area contributed by atoms with Crippen molar-refractivity contribution < 1.29 is 4.74 Å². The Morgan fingerprint density at radius 1 is 1.14 bits per heavy atom. The average molecular weight is 301 g/mol. The van der Waals surface area contributed by atoms with Gasteiger partial charge < -0.3 is 4.74 Å². The smallest absolute Gasteiger partial charge is 0.0667 e. The zero-order valence-corrected chi connectivity index (χ0v) is 13.4. The Bertz CT molecular complexity index is 498. The standard InChI is InChI=1S/C18H23NOS/c1-13-17(9-10-20-13)21-18-11-15(7-8-16(18)12-19)14-5-3-2-4-6-14/h2-6,13,15-18H,7-11H2,1H3. The Hall–Kier alpha value is -0.980. The predicted molar refractivity (Wildman–Crippen MR) is 87.3 cm³/mol. The lowest BCUT2D eigenvalue weighted by molar-refractivity contribution is 0.127. The highest BCUT2D eigenvalue weighted by molar-refractivity contribution is 8.00. The molecule has 2 nitrogen and oxygen atoms in total. The molecule has 112 valence electrons. The summed E-state index contributed by atoms with van der Waals surface area (Å²) >= 11 is 2.02. The number of nitrogens with zero attached hydrogens (tertiary/aromatic N) is 1. The monoisotopic (exact) mass is 301 g/mol. The van der Waals surface area contributed by atoms with Gasteiger partial charge >= 0.3 is 0 Å². The van der Waals surface area contributed by atoms with E-state index < -0.39 is 0 Å². The highest BCUT2D eigenvalue weighted by atomic mass is 32.2. The lowest BCUT2D eigenvalue weighted by Crippen LogP contribution is -2.29. The second-order valence-electron chi connectivity index (χ2n) is 6.23. The molecule has 0 radical (unpaired) electrons. The molecule has 0 aromatic heterocycles. The van der Waals surface area contributed by atoms with Crippen molar-refractivity contribution in [3.63, 3.8) is 0 Å². The van der Waals surface area contributed by atoms with Crippen LogP contribution in [0.2, 0.25) is 0 Å². The summed E-state index contributed by atoms with van der Waals surface area (Å²) in [4.78, 5) is 0.